The lowest BCUT2D eigenvalue weighted by Crippen LogP contribution is -2.17. The number of hydrogen-bond acceptors (Lipinski definition) is 4. The van der Waals surface area contributed by atoms with E-state index in [9.17, 15) is 9.90 Å². The molecule has 0 amide bonds. The van der Waals surface area contributed by atoms with Gasteiger partial charge in [-0.2, -0.15) is 0 Å². The Morgan fingerprint density at radius 3 is 2.75 bits per heavy atom. The summed E-state index contributed by atoms with van der Waals surface area (Å²) >= 11 is 0. The molecular formula is C14H14N2O4. The van der Waals surface area contributed by atoms with Crippen molar-refractivity contribution in [2.45, 2.75) is 31.7 Å². The van der Waals surface area contributed by atoms with Gasteiger partial charge in [0.25, 0.3) is 0 Å². The Morgan fingerprint density at radius 1 is 1.40 bits per heavy atom. The normalized spacial score (nSPS) is 18.4. The molecule has 1 N–H and O–H groups in total. The van der Waals surface area contributed by atoms with Crippen molar-refractivity contribution in [3.63, 3.8) is 0 Å². The van der Waals surface area contributed by atoms with E-state index in [4.69, 9.17) is 9.47 Å². The number of aliphatic carboxylic acids is 1. The van der Waals surface area contributed by atoms with Crippen LogP contribution in [0.2, 0.25) is 0 Å². The molecule has 4 rings (SSSR count). The van der Waals surface area contributed by atoms with Crippen LogP contribution in [0, 0.1) is 0 Å². The van der Waals surface area contributed by atoms with Crippen molar-refractivity contribution in [1.82, 2.24) is 9.55 Å². The number of nitrogens with zero attached hydrogens (tertiary/aromatic N) is 2. The number of ether oxygens (including phenoxy) is 2. The van der Waals surface area contributed by atoms with E-state index >= 15 is 0 Å². The molecule has 2 aromatic rings. The summed E-state index contributed by atoms with van der Waals surface area (Å²) in [4.78, 5) is 16.0. The Balaban J connectivity index is 1.97. The second-order valence-corrected chi connectivity index (χ2v) is 5.32. The molecule has 1 saturated carbocycles. The van der Waals surface area contributed by atoms with Crippen molar-refractivity contribution in [3.05, 3.63) is 18.0 Å². The third kappa shape index (κ3) is 1.57. The Morgan fingerprint density at radius 2 is 2.10 bits per heavy atom. The van der Waals surface area contributed by atoms with Gasteiger partial charge >= 0.3 is 5.97 Å². The van der Waals surface area contributed by atoms with Crippen LogP contribution in [0.15, 0.2) is 12.1 Å². The van der Waals surface area contributed by atoms with Gasteiger partial charge in [0.15, 0.2) is 11.5 Å². The molecule has 0 radical (unpaired) electrons. The fraction of sp³-hybridized carbons (Fsp3) is 0.429. The zero-order valence-corrected chi connectivity index (χ0v) is 11.0. The Kier molecular flexibility index (Phi) is 2.24. The maximum atomic E-state index is 11.4. The van der Waals surface area contributed by atoms with Gasteiger partial charge in [0.2, 0.25) is 6.79 Å². The third-order valence-corrected chi connectivity index (χ3v) is 3.90. The molecule has 1 aliphatic heterocycles. The van der Waals surface area contributed by atoms with Gasteiger partial charge < -0.3 is 19.1 Å². The highest BCUT2D eigenvalue weighted by Gasteiger charge is 2.33. The quantitative estimate of drug-likeness (QED) is 0.929. The highest BCUT2D eigenvalue weighted by Crippen LogP contribution is 2.44. The van der Waals surface area contributed by atoms with E-state index in [1.807, 2.05) is 16.7 Å². The number of imidazole rings is 1. The van der Waals surface area contributed by atoms with Gasteiger partial charge in [-0.05, 0) is 19.8 Å². The monoisotopic (exact) mass is 274 g/mol. The number of aromatic nitrogens is 2. The van der Waals surface area contributed by atoms with Crippen LogP contribution in [0.1, 0.15) is 37.5 Å². The first-order chi connectivity index (χ1) is 9.65. The first kappa shape index (κ1) is 11.6. The maximum Gasteiger partial charge on any atom is 0.326 e. The number of carboxylic acid groups (broad SMARTS) is 1. The van der Waals surface area contributed by atoms with Crippen LogP contribution in [0.5, 0.6) is 11.5 Å². The van der Waals surface area contributed by atoms with E-state index in [0.29, 0.717) is 17.4 Å². The molecule has 0 bridgehead atoms. The molecule has 2 aliphatic rings. The lowest BCUT2D eigenvalue weighted by Gasteiger charge is -2.13. The first-order valence-corrected chi connectivity index (χ1v) is 6.69. The van der Waals surface area contributed by atoms with Crippen molar-refractivity contribution in [2.75, 3.05) is 6.79 Å². The van der Waals surface area contributed by atoms with Crippen molar-refractivity contribution >= 4 is 17.0 Å². The largest absolute Gasteiger partial charge is 0.480 e. The van der Waals surface area contributed by atoms with E-state index in [1.165, 1.54) is 0 Å². The molecule has 0 spiro atoms. The maximum absolute atomic E-state index is 11.4. The van der Waals surface area contributed by atoms with Crippen LogP contribution in [0.3, 0.4) is 0 Å². The number of carbonyl (C=O) groups is 1. The van der Waals surface area contributed by atoms with Crippen molar-refractivity contribution < 1.29 is 19.4 Å². The van der Waals surface area contributed by atoms with Crippen LogP contribution in [0.25, 0.3) is 11.0 Å². The predicted molar refractivity (Wildman–Crippen MR) is 70.2 cm³/mol. The second kappa shape index (κ2) is 3.88. The number of fused-ring (bicyclic) bond motifs is 2. The molecule has 104 valence electrons. The fourth-order valence-electron chi connectivity index (χ4n) is 2.65. The molecule has 20 heavy (non-hydrogen) atoms. The summed E-state index contributed by atoms with van der Waals surface area (Å²) in [5.74, 6) is 1.70. The van der Waals surface area contributed by atoms with Crippen molar-refractivity contribution in [2.24, 2.45) is 0 Å². The Labute approximate surface area is 114 Å². The van der Waals surface area contributed by atoms with Crippen LogP contribution in [-0.4, -0.2) is 27.4 Å². The van der Waals surface area contributed by atoms with Gasteiger partial charge in [0.05, 0.1) is 11.0 Å². The SMILES string of the molecule is CC(C(=O)O)n1c(C2CC2)nc2cc3c(cc21)OCO3. The molecule has 1 aliphatic carbocycles. The highest BCUT2D eigenvalue weighted by molar-refractivity contribution is 5.83. The summed E-state index contributed by atoms with van der Waals surface area (Å²) in [6.07, 6.45) is 2.14. The highest BCUT2D eigenvalue weighted by atomic mass is 16.7. The molecule has 6 heteroatoms. The third-order valence-electron chi connectivity index (χ3n) is 3.90. The van der Waals surface area contributed by atoms with E-state index in [-0.39, 0.29) is 6.79 Å². The van der Waals surface area contributed by atoms with Crippen LogP contribution in [0.4, 0.5) is 0 Å². The van der Waals surface area contributed by atoms with Gasteiger partial charge in [0, 0.05) is 18.1 Å². The number of rotatable bonds is 3. The minimum absolute atomic E-state index is 0.200. The Bertz CT molecular complexity index is 718. The zero-order valence-electron chi connectivity index (χ0n) is 11.0. The molecule has 1 unspecified atom stereocenters. The molecule has 6 nitrogen and oxygen atoms in total. The lowest BCUT2D eigenvalue weighted by atomic mass is 10.2. The number of hydrogen-bond donors (Lipinski definition) is 1. The van der Waals surface area contributed by atoms with E-state index in [1.54, 1.807) is 6.92 Å². The number of carboxylic acids is 1. The van der Waals surface area contributed by atoms with E-state index in [0.717, 1.165) is 29.7 Å². The summed E-state index contributed by atoms with van der Waals surface area (Å²) in [5.41, 5.74) is 1.57. The zero-order chi connectivity index (χ0) is 13.9. The topological polar surface area (TPSA) is 73.6 Å². The standard InChI is InChI=1S/C14H14N2O4/c1-7(14(17)18)16-10-5-12-11(19-6-20-12)4-9(10)15-13(16)8-2-3-8/h4-5,7-8H,2-3,6H2,1H3,(H,17,18). The summed E-state index contributed by atoms with van der Waals surface area (Å²) < 4.78 is 12.5. The van der Waals surface area contributed by atoms with Crippen LogP contribution >= 0.6 is 0 Å². The van der Waals surface area contributed by atoms with Crippen LogP contribution < -0.4 is 9.47 Å². The average Bonchev–Trinajstić information content (AvgIpc) is 3.06. The minimum atomic E-state index is -0.858. The fourth-order valence-corrected chi connectivity index (χ4v) is 2.65. The molecule has 1 fully saturated rings. The van der Waals surface area contributed by atoms with E-state index < -0.39 is 12.0 Å². The summed E-state index contributed by atoms with van der Waals surface area (Å²) in [5, 5.41) is 9.33. The molecule has 1 aromatic carbocycles. The molecule has 1 atom stereocenters. The van der Waals surface area contributed by atoms with Gasteiger partial charge in [-0.25, -0.2) is 9.78 Å². The smallest absolute Gasteiger partial charge is 0.326 e. The van der Waals surface area contributed by atoms with Crippen molar-refractivity contribution in [3.8, 4) is 11.5 Å². The first-order valence-electron chi connectivity index (χ1n) is 6.69. The summed E-state index contributed by atoms with van der Waals surface area (Å²) in [6.45, 7) is 1.88. The van der Waals surface area contributed by atoms with Gasteiger partial charge in [0.1, 0.15) is 11.9 Å². The Hall–Kier alpha value is -2.24. The average molecular weight is 274 g/mol. The van der Waals surface area contributed by atoms with Gasteiger partial charge in [-0.15, -0.1) is 0 Å². The lowest BCUT2D eigenvalue weighted by molar-refractivity contribution is -0.140. The van der Waals surface area contributed by atoms with E-state index in [2.05, 4.69) is 4.98 Å². The molecule has 1 aromatic heterocycles. The van der Waals surface area contributed by atoms with Gasteiger partial charge in [-0.3, -0.25) is 0 Å². The van der Waals surface area contributed by atoms with Crippen molar-refractivity contribution in [1.29, 1.82) is 0 Å². The second-order valence-electron chi connectivity index (χ2n) is 5.32. The number of benzene rings is 1. The molecule has 2 heterocycles. The molecule has 0 saturated heterocycles. The predicted octanol–water partition coefficient (Wildman–Crippen LogP) is 2.29. The van der Waals surface area contributed by atoms with Crippen LogP contribution in [-0.2, 0) is 4.79 Å². The molecular weight excluding hydrogens is 260 g/mol. The summed E-state index contributed by atoms with van der Waals surface area (Å²) in [7, 11) is 0. The van der Waals surface area contributed by atoms with Gasteiger partial charge in [-0.1, -0.05) is 0 Å². The summed E-state index contributed by atoms with van der Waals surface area (Å²) in [6, 6.07) is 3.01. The minimum Gasteiger partial charge on any atom is -0.480 e.